The monoisotopic (exact) mass is 390 g/mol. The molecule has 0 unspecified atom stereocenters. The van der Waals surface area contributed by atoms with Gasteiger partial charge < -0.3 is 5.32 Å². The van der Waals surface area contributed by atoms with E-state index in [-0.39, 0.29) is 4.90 Å². The summed E-state index contributed by atoms with van der Waals surface area (Å²) < 4.78 is 23.1. The maximum Gasteiger partial charge on any atom is 0.238 e. The molecule has 4 rings (SSSR count). The number of hydrogen-bond donors (Lipinski definition) is 3. The summed E-state index contributed by atoms with van der Waals surface area (Å²) >= 11 is 6.18. The Kier molecular flexibility index (Phi) is 4.14. The Labute approximate surface area is 154 Å². The minimum Gasteiger partial charge on any atom is -0.322 e. The number of halogens is 1. The smallest absolute Gasteiger partial charge is 0.238 e. The lowest BCUT2D eigenvalue weighted by Crippen LogP contribution is -2.12. The van der Waals surface area contributed by atoms with Gasteiger partial charge in [-0.2, -0.15) is 5.10 Å². The number of sulfonamides is 1. The molecule has 3 aromatic rings. The van der Waals surface area contributed by atoms with E-state index in [9.17, 15) is 8.42 Å². The Bertz CT molecular complexity index is 1080. The molecule has 134 valence electrons. The van der Waals surface area contributed by atoms with Crippen LogP contribution in [-0.4, -0.2) is 28.6 Å². The number of benzene rings is 1. The number of primary sulfonamides is 1. The Balaban J connectivity index is 1.65. The summed E-state index contributed by atoms with van der Waals surface area (Å²) in [5.41, 5.74) is 1.59. The fraction of sp³-hybridized carbons (Fsp3) is 0.188. The lowest BCUT2D eigenvalue weighted by atomic mass is 10.2. The average molecular weight is 391 g/mol. The number of aromatic nitrogens is 4. The van der Waals surface area contributed by atoms with Gasteiger partial charge in [0.15, 0.2) is 17.5 Å². The van der Waals surface area contributed by atoms with E-state index < -0.39 is 10.0 Å². The Morgan fingerprint density at radius 3 is 2.81 bits per heavy atom. The van der Waals surface area contributed by atoms with Crippen molar-refractivity contribution in [2.24, 2.45) is 5.14 Å². The molecule has 1 saturated carbocycles. The third-order valence-corrected chi connectivity index (χ3v) is 5.21. The van der Waals surface area contributed by atoms with Crippen molar-refractivity contribution in [1.29, 1.82) is 0 Å². The summed E-state index contributed by atoms with van der Waals surface area (Å²) in [5.74, 6) is 1.86. The lowest BCUT2D eigenvalue weighted by molar-refractivity contribution is 0.598. The van der Waals surface area contributed by atoms with E-state index in [2.05, 4.69) is 25.5 Å². The Morgan fingerprint density at radius 1 is 1.27 bits per heavy atom. The van der Waals surface area contributed by atoms with Crippen LogP contribution in [-0.2, 0) is 10.0 Å². The molecular formula is C16H15ClN6O2S. The van der Waals surface area contributed by atoms with Crippen molar-refractivity contribution in [3.63, 3.8) is 0 Å². The first-order chi connectivity index (χ1) is 12.4. The van der Waals surface area contributed by atoms with Crippen LogP contribution < -0.4 is 10.5 Å². The van der Waals surface area contributed by atoms with Gasteiger partial charge in [-0.3, -0.25) is 5.10 Å². The van der Waals surface area contributed by atoms with Crippen molar-refractivity contribution in [3.8, 4) is 11.4 Å². The average Bonchev–Trinajstić information content (AvgIpc) is 3.36. The Morgan fingerprint density at radius 2 is 2.08 bits per heavy atom. The molecule has 0 spiro atoms. The van der Waals surface area contributed by atoms with Crippen molar-refractivity contribution in [2.45, 2.75) is 23.7 Å². The van der Waals surface area contributed by atoms with Gasteiger partial charge in [0.25, 0.3) is 0 Å². The molecule has 0 bridgehead atoms. The molecule has 8 nitrogen and oxygen atoms in total. The van der Waals surface area contributed by atoms with E-state index in [1.54, 1.807) is 12.1 Å². The minimum atomic E-state index is -3.81. The number of hydrogen-bond acceptors (Lipinski definition) is 6. The van der Waals surface area contributed by atoms with Gasteiger partial charge in [-0.05, 0) is 25.0 Å². The summed E-state index contributed by atoms with van der Waals surface area (Å²) in [6.45, 7) is 0. The maximum absolute atomic E-state index is 11.5. The summed E-state index contributed by atoms with van der Waals surface area (Å²) in [4.78, 5) is 8.55. The fourth-order valence-electron chi connectivity index (χ4n) is 2.53. The van der Waals surface area contributed by atoms with E-state index >= 15 is 0 Å². The quantitative estimate of drug-likeness (QED) is 0.614. The van der Waals surface area contributed by atoms with E-state index in [1.807, 2.05) is 6.07 Å². The zero-order chi connectivity index (χ0) is 18.3. The number of aromatic amines is 1. The number of H-pyrrole nitrogens is 1. The zero-order valence-corrected chi connectivity index (χ0v) is 15.0. The van der Waals surface area contributed by atoms with E-state index in [0.29, 0.717) is 34.0 Å². The number of anilines is 2. The molecule has 10 heteroatoms. The molecule has 26 heavy (non-hydrogen) atoms. The van der Waals surface area contributed by atoms with Crippen LogP contribution in [0.3, 0.4) is 0 Å². The summed E-state index contributed by atoms with van der Waals surface area (Å²) in [5, 5.41) is 15.8. The molecule has 4 N–H and O–H groups in total. The molecule has 2 heterocycles. The fourth-order valence-corrected chi connectivity index (χ4v) is 3.23. The molecule has 0 aliphatic heterocycles. The highest BCUT2D eigenvalue weighted by atomic mass is 35.5. The maximum atomic E-state index is 11.5. The highest BCUT2D eigenvalue weighted by Crippen LogP contribution is 2.39. The lowest BCUT2D eigenvalue weighted by Gasteiger charge is -2.07. The second kappa shape index (κ2) is 6.35. The van der Waals surface area contributed by atoms with Gasteiger partial charge in [-0.25, -0.2) is 23.5 Å². The number of nitrogens with zero attached hydrogens (tertiary/aromatic N) is 3. The molecule has 1 aliphatic rings. The molecule has 0 saturated heterocycles. The normalized spacial score (nSPS) is 14.4. The molecule has 0 amide bonds. The van der Waals surface area contributed by atoms with Crippen LogP contribution in [0.25, 0.3) is 11.4 Å². The SMILES string of the molecule is NS(=O)(=O)c1cccc(-c2ncc(Cl)c(Nc3cc(C4CC4)[nH]n3)n2)c1. The third-order valence-electron chi connectivity index (χ3n) is 4.03. The molecule has 2 aromatic heterocycles. The number of nitrogens with one attached hydrogen (secondary N) is 2. The van der Waals surface area contributed by atoms with Crippen molar-refractivity contribution < 1.29 is 8.42 Å². The van der Waals surface area contributed by atoms with E-state index in [0.717, 1.165) is 5.69 Å². The van der Waals surface area contributed by atoms with Gasteiger partial charge in [0, 0.05) is 23.2 Å². The van der Waals surface area contributed by atoms with Crippen LogP contribution in [0.5, 0.6) is 0 Å². The van der Waals surface area contributed by atoms with E-state index in [1.165, 1.54) is 31.2 Å². The van der Waals surface area contributed by atoms with Crippen molar-refractivity contribution in [3.05, 3.63) is 47.2 Å². The predicted octanol–water partition coefficient (Wildman–Crippen LogP) is 2.79. The molecule has 1 fully saturated rings. The van der Waals surface area contributed by atoms with Crippen molar-refractivity contribution in [2.75, 3.05) is 5.32 Å². The van der Waals surface area contributed by atoms with Crippen molar-refractivity contribution in [1.82, 2.24) is 20.2 Å². The van der Waals surface area contributed by atoms with Crippen LogP contribution in [0.2, 0.25) is 5.02 Å². The van der Waals surface area contributed by atoms with Crippen LogP contribution >= 0.6 is 11.6 Å². The molecule has 0 radical (unpaired) electrons. The summed E-state index contributed by atoms with van der Waals surface area (Å²) in [7, 11) is -3.81. The topological polar surface area (TPSA) is 127 Å². The van der Waals surface area contributed by atoms with Gasteiger partial charge >= 0.3 is 0 Å². The molecule has 1 aliphatic carbocycles. The second-order valence-electron chi connectivity index (χ2n) is 6.07. The summed E-state index contributed by atoms with van der Waals surface area (Å²) in [6, 6.07) is 8.04. The first-order valence-corrected chi connectivity index (χ1v) is 9.81. The second-order valence-corrected chi connectivity index (χ2v) is 8.04. The van der Waals surface area contributed by atoms with E-state index in [4.69, 9.17) is 16.7 Å². The van der Waals surface area contributed by atoms with Gasteiger partial charge in [-0.1, -0.05) is 23.7 Å². The van der Waals surface area contributed by atoms with Crippen LogP contribution in [0.4, 0.5) is 11.6 Å². The summed E-state index contributed by atoms with van der Waals surface area (Å²) in [6.07, 6.45) is 3.78. The third kappa shape index (κ3) is 3.55. The highest BCUT2D eigenvalue weighted by Gasteiger charge is 2.25. The standard InChI is InChI=1S/C16H15ClN6O2S/c17-12-8-19-15(10-2-1-3-11(6-10)26(18,24)25)21-16(12)20-14-7-13(22-23-14)9-4-5-9/h1-3,6-9H,4-5H2,(H2,18,24,25)(H2,19,20,21,22,23). The zero-order valence-electron chi connectivity index (χ0n) is 13.5. The predicted molar refractivity (Wildman–Crippen MR) is 97.7 cm³/mol. The molecule has 0 atom stereocenters. The van der Waals surface area contributed by atoms with Crippen LogP contribution in [0.15, 0.2) is 41.4 Å². The van der Waals surface area contributed by atoms with Crippen LogP contribution in [0.1, 0.15) is 24.5 Å². The van der Waals surface area contributed by atoms with Crippen molar-refractivity contribution >= 4 is 33.3 Å². The van der Waals surface area contributed by atoms with Crippen LogP contribution in [0, 0.1) is 0 Å². The molecular weight excluding hydrogens is 376 g/mol. The largest absolute Gasteiger partial charge is 0.322 e. The Hall–Kier alpha value is -2.49. The number of rotatable bonds is 5. The highest BCUT2D eigenvalue weighted by molar-refractivity contribution is 7.89. The van der Waals surface area contributed by atoms with Gasteiger partial charge in [0.1, 0.15) is 5.02 Å². The van der Waals surface area contributed by atoms with Gasteiger partial charge in [-0.15, -0.1) is 0 Å². The minimum absolute atomic E-state index is 0.00978. The number of nitrogens with two attached hydrogens (primary N) is 1. The van der Waals surface area contributed by atoms with Gasteiger partial charge in [0.05, 0.1) is 11.1 Å². The molecule has 1 aromatic carbocycles. The first kappa shape index (κ1) is 17.0. The first-order valence-electron chi connectivity index (χ1n) is 7.88. The van der Waals surface area contributed by atoms with Gasteiger partial charge in [0.2, 0.25) is 10.0 Å².